The molecule has 1 aromatic heterocycles. The molecule has 4 nitrogen and oxygen atoms in total. The first-order chi connectivity index (χ1) is 11.8. The van der Waals surface area contributed by atoms with Gasteiger partial charge in [0.2, 0.25) is 17.5 Å². The van der Waals surface area contributed by atoms with Gasteiger partial charge in [-0.15, -0.1) is 0 Å². The molecule has 1 N–H and O–H groups in total. The minimum absolute atomic E-state index is 0.0113. The third-order valence-electron chi connectivity index (χ3n) is 3.61. The van der Waals surface area contributed by atoms with E-state index in [4.69, 9.17) is 4.42 Å². The van der Waals surface area contributed by atoms with E-state index in [0.717, 1.165) is 11.1 Å². The molecule has 0 saturated heterocycles. The van der Waals surface area contributed by atoms with Crippen molar-refractivity contribution in [2.24, 2.45) is 0 Å². The van der Waals surface area contributed by atoms with Crippen LogP contribution in [-0.2, 0) is 0 Å². The van der Waals surface area contributed by atoms with E-state index in [9.17, 15) is 5.26 Å². The van der Waals surface area contributed by atoms with Gasteiger partial charge in [0, 0.05) is 6.08 Å². The van der Waals surface area contributed by atoms with Gasteiger partial charge in [-0.3, -0.25) is 0 Å². The third kappa shape index (κ3) is 3.71. The van der Waals surface area contributed by atoms with Crippen molar-refractivity contribution in [2.75, 3.05) is 5.32 Å². The molecule has 4 heteroatoms. The largest absolute Gasteiger partial charge is 0.420 e. The van der Waals surface area contributed by atoms with Crippen molar-refractivity contribution in [1.29, 1.82) is 5.26 Å². The number of hydrogen-bond donors (Lipinski definition) is 1. The summed E-state index contributed by atoms with van der Waals surface area (Å²) in [5, 5.41) is 12.5. The summed E-state index contributed by atoms with van der Waals surface area (Å²) >= 11 is 0. The van der Waals surface area contributed by atoms with Crippen molar-refractivity contribution in [3.8, 4) is 6.07 Å². The van der Waals surface area contributed by atoms with Crippen LogP contribution in [0.25, 0.3) is 12.2 Å². The molecule has 0 aliphatic carbocycles. The topological polar surface area (TPSA) is 61.9 Å². The summed E-state index contributed by atoms with van der Waals surface area (Å²) in [4.78, 5) is 4.21. The van der Waals surface area contributed by atoms with Gasteiger partial charge < -0.3 is 9.73 Å². The van der Waals surface area contributed by atoms with Crippen molar-refractivity contribution in [3.05, 3.63) is 83.4 Å². The fourth-order valence-corrected chi connectivity index (χ4v) is 2.33. The van der Waals surface area contributed by atoms with Crippen LogP contribution in [0.1, 0.15) is 35.7 Å². The Bertz CT molecular complexity index is 861. The summed E-state index contributed by atoms with van der Waals surface area (Å²) in [6.45, 7) is 2.01. The Morgan fingerprint density at radius 1 is 1.04 bits per heavy atom. The second-order valence-electron chi connectivity index (χ2n) is 5.36. The van der Waals surface area contributed by atoms with Crippen LogP contribution in [0.15, 0.2) is 65.1 Å². The molecule has 3 aromatic rings. The Hall–Kier alpha value is -3.32. The zero-order valence-corrected chi connectivity index (χ0v) is 13.3. The van der Waals surface area contributed by atoms with E-state index >= 15 is 0 Å². The fourth-order valence-electron chi connectivity index (χ4n) is 2.33. The molecule has 0 bridgehead atoms. The maximum atomic E-state index is 9.26. The Morgan fingerprint density at radius 3 is 2.38 bits per heavy atom. The van der Waals surface area contributed by atoms with Crippen molar-refractivity contribution in [2.45, 2.75) is 13.0 Å². The molecule has 0 radical (unpaired) electrons. The van der Waals surface area contributed by atoms with Gasteiger partial charge in [0.15, 0.2) is 0 Å². The predicted molar refractivity (Wildman–Crippen MR) is 95.1 cm³/mol. The third-order valence-corrected chi connectivity index (χ3v) is 3.61. The van der Waals surface area contributed by atoms with Crippen LogP contribution in [0.3, 0.4) is 0 Å². The molecular formula is C20H17N3O. The zero-order chi connectivity index (χ0) is 16.8. The SMILES string of the molecule is C[C@@H](Nc1oc(/C=C/c2ccccc2)nc1C#N)c1ccccc1. The molecule has 0 aliphatic heterocycles. The molecule has 2 aromatic carbocycles. The van der Waals surface area contributed by atoms with Crippen LogP contribution >= 0.6 is 0 Å². The molecule has 0 unspecified atom stereocenters. The lowest BCUT2D eigenvalue weighted by molar-refractivity contribution is 0.552. The zero-order valence-electron chi connectivity index (χ0n) is 13.3. The first kappa shape index (κ1) is 15.6. The Morgan fingerprint density at radius 2 is 1.71 bits per heavy atom. The van der Waals surface area contributed by atoms with E-state index in [2.05, 4.69) is 16.4 Å². The van der Waals surface area contributed by atoms with Crippen molar-refractivity contribution >= 4 is 18.0 Å². The van der Waals surface area contributed by atoms with E-state index in [1.54, 1.807) is 6.08 Å². The lowest BCUT2D eigenvalue weighted by Gasteiger charge is -2.12. The fraction of sp³-hybridized carbons (Fsp3) is 0.100. The van der Waals surface area contributed by atoms with Crippen LogP contribution in [0.2, 0.25) is 0 Å². The molecule has 1 atom stereocenters. The van der Waals surface area contributed by atoms with Gasteiger partial charge in [-0.1, -0.05) is 60.7 Å². The Balaban J connectivity index is 1.78. The number of nitriles is 1. The van der Waals surface area contributed by atoms with E-state index in [1.807, 2.05) is 73.7 Å². The van der Waals surface area contributed by atoms with Gasteiger partial charge in [-0.2, -0.15) is 10.2 Å². The van der Waals surface area contributed by atoms with Crippen LogP contribution in [0, 0.1) is 11.3 Å². The summed E-state index contributed by atoms with van der Waals surface area (Å²) in [7, 11) is 0. The Kier molecular flexibility index (Phi) is 4.73. The minimum Gasteiger partial charge on any atom is -0.420 e. The van der Waals surface area contributed by atoms with Gasteiger partial charge in [-0.25, -0.2) is 0 Å². The van der Waals surface area contributed by atoms with E-state index in [1.165, 1.54) is 0 Å². The lowest BCUT2D eigenvalue weighted by atomic mass is 10.1. The molecule has 118 valence electrons. The van der Waals surface area contributed by atoms with Crippen LogP contribution in [0.5, 0.6) is 0 Å². The number of benzene rings is 2. The summed E-state index contributed by atoms with van der Waals surface area (Å²) in [5.41, 5.74) is 2.41. The molecule has 24 heavy (non-hydrogen) atoms. The van der Waals surface area contributed by atoms with Crippen molar-refractivity contribution in [1.82, 2.24) is 4.98 Å². The summed E-state index contributed by atoms with van der Waals surface area (Å²) < 4.78 is 5.69. The standard InChI is InChI=1S/C20H17N3O/c1-15(17-10-6-3-7-11-17)22-20-18(14-21)23-19(24-20)13-12-16-8-4-2-5-9-16/h2-13,15,22H,1H3/b13-12+/t15-/m1/s1. The second kappa shape index (κ2) is 7.30. The molecule has 3 rings (SSSR count). The summed E-state index contributed by atoms with van der Waals surface area (Å²) in [5.74, 6) is 0.791. The van der Waals surface area contributed by atoms with Crippen LogP contribution < -0.4 is 5.32 Å². The molecular weight excluding hydrogens is 298 g/mol. The number of nitrogens with zero attached hydrogens (tertiary/aromatic N) is 2. The first-order valence-electron chi connectivity index (χ1n) is 7.72. The monoisotopic (exact) mass is 315 g/mol. The van der Waals surface area contributed by atoms with Crippen molar-refractivity contribution < 1.29 is 4.42 Å². The average molecular weight is 315 g/mol. The Labute approximate surface area is 141 Å². The highest BCUT2D eigenvalue weighted by Gasteiger charge is 2.14. The molecule has 0 saturated carbocycles. The van der Waals surface area contributed by atoms with Gasteiger partial charge in [0.25, 0.3) is 0 Å². The van der Waals surface area contributed by atoms with Gasteiger partial charge >= 0.3 is 0 Å². The number of oxazole rings is 1. The maximum absolute atomic E-state index is 9.26. The number of hydrogen-bond acceptors (Lipinski definition) is 4. The number of aromatic nitrogens is 1. The summed E-state index contributed by atoms with van der Waals surface area (Å²) in [6.07, 6.45) is 3.66. The normalized spacial score (nSPS) is 12.0. The molecule has 0 fully saturated rings. The van der Waals surface area contributed by atoms with Gasteiger partial charge in [0.05, 0.1) is 6.04 Å². The highest BCUT2D eigenvalue weighted by Crippen LogP contribution is 2.24. The van der Waals surface area contributed by atoms with E-state index in [0.29, 0.717) is 11.8 Å². The summed E-state index contributed by atoms with van der Waals surface area (Å²) in [6, 6.07) is 21.9. The van der Waals surface area contributed by atoms with Gasteiger partial charge in [-0.05, 0) is 24.1 Å². The maximum Gasteiger partial charge on any atom is 0.233 e. The average Bonchev–Trinajstić information content (AvgIpc) is 3.03. The van der Waals surface area contributed by atoms with Crippen LogP contribution in [0.4, 0.5) is 5.88 Å². The number of rotatable bonds is 5. The number of anilines is 1. The second-order valence-corrected chi connectivity index (χ2v) is 5.36. The highest BCUT2D eigenvalue weighted by molar-refractivity contribution is 5.67. The quantitative estimate of drug-likeness (QED) is 0.728. The predicted octanol–water partition coefficient (Wildman–Crippen LogP) is 4.89. The molecule has 1 heterocycles. The van der Waals surface area contributed by atoms with E-state index < -0.39 is 0 Å². The molecule has 0 amide bonds. The first-order valence-corrected chi connectivity index (χ1v) is 7.72. The molecule has 0 spiro atoms. The van der Waals surface area contributed by atoms with Crippen molar-refractivity contribution in [3.63, 3.8) is 0 Å². The van der Waals surface area contributed by atoms with Gasteiger partial charge in [0.1, 0.15) is 6.07 Å². The minimum atomic E-state index is 0.0113. The van der Waals surface area contributed by atoms with E-state index in [-0.39, 0.29) is 11.7 Å². The smallest absolute Gasteiger partial charge is 0.233 e. The number of nitrogens with one attached hydrogen (secondary N) is 1. The molecule has 0 aliphatic rings. The lowest BCUT2D eigenvalue weighted by Crippen LogP contribution is -2.06. The van der Waals surface area contributed by atoms with Crippen LogP contribution in [-0.4, -0.2) is 4.98 Å². The highest BCUT2D eigenvalue weighted by atomic mass is 16.4.